The van der Waals surface area contributed by atoms with Gasteiger partial charge in [0.05, 0.1) is 22.7 Å². The van der Waals surface area contributed by atoms with Gasteiger partial charge >= 0.3 is 5.97 Å². The Bertz CT molecular complexity index is 1160. The number of fused-ring (bicyclic) bond motifs is 1. The number of aromatic nitrogens is 2. The topological polar surface area (TPSA) is 90.3 Å². The van der Waals surface area contributed by atoms with E-state index in [4.69, 9.17) is 4.74 Å². The molecule has 0 aliphatic heterocycles. The minimum atomic E-state index is -0.510. The fourth-order valence-electron chi connectivity index (χ4n) is 3.06. The normalized spacial score (nSPS) is 11.1. The van der Waals surface area contributed by atoms with E-state index < -0.39 is 5.97 Å². The molecule has 7 nitrogen and oxygen atoms in total. The van der Waals surface area contributed by atoms with Crippen LogP contribution in [0.4, 0.5) is 5.69 Å². The molecular formula is C21H23N3O4S. The first-order valence-electron chi connectivity index (χ1n) is 9.24. The summed E-state index contributed by atoms with van der Waals surface area (Å²) in [7, 11) is 0. The lowest BCUT2D eigenvalue weighted by Crippen LogP contribution is -2.27. The van der Waals surface area contributed by atoms with Gasteiger partial charge in [0.1, 0.15) is 11.4 Å². The van der Waals surface area contributed by atoms with Crippen molar-refractivity contribution in [3.63, 3.8) is 0 Å². The molecule has 0 atom stereocenters. The number of carbonyl (C=O) groups excluding carboxylic acids is 2. The quantitative estimate of drug-likeness (QED) is 0.646. The number of anilines is 1. The Morgan fingerprint density at radius 2 is 1.97 bits per heavy atom. The molecule has 2 aromatic heterocycles. The molecule has 1 amide bonds. The van der Waals surface area contributed by atoms with Gasteiger partial charge in [0.15, 0.2) is 0 Å². The molecule has 0 spiro atoms. The summed E-state index contributed by atoms with van der Waals surface area (Å²) in [5, 5.41) is 3.25. The summed E-state index contributed by atoms with van der Waals surface area (Å²) >= 11 is 1.16. The van der Waals surface area contributed by atoms with Gasteiger partial charge in [-0.3, -0.25) is 19.0 Å². The Labute approximate surface area is 172 Å². The van der Waals surface area contributed by atoms with Crippen molar-refractivity contribution in [1.29, 1.82) is 0 Å². The van der Waals surface area contributed by atoms with Crippen LogP contribution < -0.4 is 10.9 Å². The predicted octanol–water partition coefficient (Wildman–Crippen LogP) is 3.59. The summed E-state index contributed by atoms with van der Waals surface area (Å²) in [6, 6.07) is 5.78. The van der Waals surface area contributed by atoms with Crippen LogP contribution in [0.2, 0.25) is 0 Å². The van der Waals surface area contributed by atoms with E-state index in [1.54, 1.807) is 20.8 Å². The zero-order valence-electron chi connectivity index (χ0n) is 17.0. The zero-order valence-corrected chi connectivity index (χ0v) is 17.8. The molecule has 152 valence electrons. The fraction of sp³-hybridized carbons (Fsp3) is 0.333. The monoisotopic (exact) mass is 413 g/mol. The second-order valence-electron chi connectivity index (χ2n) is 7.23. The van der Waals surface area contributed by atoms with E-state index >= 15 is 0 Å². The van der Waals surface area contributed by atoms with Crippen molar-refractivity contribution in [3.05, 3.63) is 56.4 Å². The maximum atomic E-state index is 12.8. The van der Waals surface area contributed by atoms with Crippen LogP contribution in [0.25, 0.3) is 10.2 Å². The van der Waals surface area contributed by atoms with E-state index in [0.717, 1.165) is 28.2 Å². The summed E-state index contributed by atoms with van der Waals surface area (Å²) in [6.07, 6.45) is 1.05. The van der Waals surface area contributed by atoms with Crippen molar-refractivity contribution in [2.75, 3.05) is 5.32 Å². The third-order valence-electron chi connectivity index (χ3n) is 4.42. The van der Waals surface area contributed by atoms with Crippen LogP contribution in [0.3, 0.4) is 0 Å². The summed E-state index contributed by atoms with van der Waals surface area (Å²) < 4.78 is 6.30. The zero-order chi connectivity index (χ0) is 21.3. The second kappa shape index (κ2) is 8.16. The summed E-state index contributed by atoms with van der Waals surface area (Å²) in [5.74, 6) is -0.799. The number of hydrogen-bond donors (Lipinski definition) is 1. The highest BCUT2D eigenvalue weighted by atomic mass is 32.1. The van der Waals surface area contributed by atoms with Crippen molar-refractivity contribution in [1.82, 2.24) is 9.55 Å². The van der Waals surface area contributed by atoms with E-state index in [0.29, 0.717) is 20.7 Å². The molecule has 0 bridgehead atoms. The number of amides is 1. The van der Waals surface area contributed by atoms with Crippen LogP contribution in [-0.2, 0) is 16.1 Å². The van der Waals surface area contributed by atoms with Crippen molar-refractivity contribution in [2.24, 2.45) is 0 Å². The molecule has 0 saturated heterocycles. The van der Waals surface area contributed by atoms with Gasteiger partial charge in [-0.15, -0.1) is 11.3 Å². The highest BCUT2D eigenvalue weighted by Gasteiger charge is 2.21. The molecule has 8 heteroatoms. The lowest BCUT2D eigenvalue weighted by molar-refractivity contribution is -0.148. The van der Waals surface area contributed by atoms with Crippen molar-refractivity contribution < 1.29 is 14.3 Å². The van der Waals surface area contributed by atoms with E-state index in [2.05, 4.69) is 10.3 Å². The standard InChI is InChI=1S/C21H23N3O4S/c1-11(2)28-16(25)9-24-10-22-20-17(21(24)27)14(5)18(29-20)19(26)23-15-7-6-12(3)8-13(15)4/h6-8,10-11H,9H2,1-5H3,(H,23,26). The molecule has 3 rings (SSSR count). The maximum absolute atomic E-state index is 12.8. The number of nitrogens with one attached hydrogen (secondary N) is 1. The Hall–Kier alpha value is -3.00. The number of hydrogen-bond acceptors (Lipinski definition) is 6. The number of carbonyl (C=O) groups is 2. The minimum Gasteiger partial charge on any atom is -0.462 e. The smallest absolute Gasteiger partial charge is 0.326 e. The number of rotatable bonds is 5. The lowest BCUT2D eigenvalue weighted by atomic mass is 10.1. The molecule has 3 aromatic rings. The summed E-state index contributed by atoms with van der Waals surface area (Å²) in [6.45, 7) is 8.89. The Morgan fingerprint density at radius 1 is 1.24 bits per heavy atom. The average Bonchev–Trinajstić information content (AvgIpc) is 2.96. The van der Waals surface area contributed by atoms with Gasteiger partial charge in [-0.05, 0) is 51.8 Å². The van der Waals surface area contributed by atoms with Gasteiger partial charge in [0, 0.05) is 5.69 Å². The molecule has 0 radical (unpaired) electrons. The number of thiophene rings is 1. The van der Waals surface area contributed by atoms with Crippen LogP contribution in [0.15, 0.2) is 29.3 Å². The maximum Gasteiger partial charge on any atom is 0.326 e. The number of nitrogens with zero attached hydrogens (tertiary/aromatic N) is 2. The van der Waals surface area contributed by atoms with E-state index in [9.17, 15) is 14.4 Å². The first-order valence-corrected chi connectivity index (χ1v) is 10.1. The molecule has 0 aliphatic carbocycles. The SMILES string of the molecule is Cc1ccc(NC(=O)c2sc3ncn(CC(=O)OC(C)C)c(=O)c3c2C)c(C)c1. The van der Waals surface area contributed by atoms with Gasteiger partial charge in [0.25, 0.3) is 11.5 Å². The summed E-state index contributed by atoms with van der Waals surface area (Å²) in [5.41, 5.74) is 2.98. The molecular weight excluding hydrogens is 390 g/mol. The second-order valence-corrected chi connectivity index (χ2v) is 8.22. The fourth-order valence-corrected chi connectivity index (χ4v) is 4.10. The van der Waals surface area contributed by atoms with Crippen LogP contribution in [0.5, 0.6) is 0 Å². The van der Waals surface area contributed by atoms with Crippen molar-refractivity contribution in [2.45, 2.75) is 47.3 Å². The average molecular weight is 413 g/mol. The van der Waals surface area contributed by atoms with Gasteiger partial charge in [-0.25, -0.2) is 4.98 Å². The van der Waals surface area contributed by atoms with Crippen LogP contribution in [0.1, 0.15) is 40.2 Å². The van der Waals surface area contributed by atoms with E-state index in [1.807, 2.05) is 32.0 Å². The summed E-state index contributed by atoms with van der Waals surface area (Å²) in [4.78, 5) is 42.7. The minimum absolute atomic E-state index is 0.223. The van der Waals surface area contributed by atoms with Gasteiger partial charge in [-0.2, -0.15) is 0 Å². The van der Waals surface area contributed by atoms with Crippen LogP contribution in [0, 0.1) is 20.8 Å². The third-order valence-corrected chi connectivity index (χ3v) is 5.62. The van der Waals surface area contributed by atoms with Gasteiger partial charge < -0.3 is 10.1 Å². The Morgan fingerprint density at radius 3 is 2.62 bits per heavy atom. The molecule has 0 aliphatic rings. The number of esters is 1. The molecule has 1 N–H and O–H groups in total. The molecule has 0 unspecified atom stereocenters. The van der Waals surface area contributed by atoms with E-state index in [-0.39, 0.29) is 24.1 Å². The van der Waals surface area contributed by atoms with Crippen molar-refractivity contribution >= 4 is 39.1 Å². The number of aryl methyl sites for hydroxylation is 3. The first-order chi connectivity index (χ1) is 13.7. The third kappa shape index (κ3) is 4.37. The largest absolute Gasteiger partial charge is 0.462 e. The molecule has 1 aromatic carbocycles. The molecule has 0 fully saturated rings. The highest BCUT2D eigenvalue weighted by Crippen LogP contribution is 2.28. The molecule has 0 saturated carbocycles. The van der Waals surface area contributed by atoms with Gasteiger partial charge in [-0.1, -0.05) is 17.7 Å². The van der Waals surface area contributed by atoms with Crippen molar-refractivity contribution in [3.8, 4) is 0 Å². The molecule has 2 heterocycles. The first kappa shape index (κ1) is 20.7. The highest BCUT2D eigenvalue weighted by molar-refractivity contribution is 7.20. The van der Waals surface area contributed by atoms with Crippen LogP contribution >= 0.6 is 11.3 Å². The predicted molar refractivity (Wildman–Crippen MR) is 114 cm³/mol. The molecule has 29 heavy (non-hydrogen) atoms. The lowest BCUT2D eigenvalue weighted by Gasteiger charge is -2.09. The van der Waals surface area contributed by atoms with E-state index in [1.165, 1.54) is 10.9 Å². The van der Waals surface area contributed by atoms with Crippen LogP contribution in [-0.4, -0.2) is 27.5 Å². The Balaban J connectivity index is 1.93. The number of ether oxygens (including phenoxy) is 1. The van der Waals surface area contributed by atoms with Gasteiger partial charge in [0.2, 0.25) is 0 Å². The Kier molecular flexibility index (Phi) is 5.83. The number of benzene rings is 1.